The molecule has 2 rings (SSSR count). The van der Waals surface area contributed by atoms with Gasteiger partial charge in [-0.1, -0.05) is 11.6 Å². The van der Waals surface area contributed by atoms with Crippen LogP contribution < -0.4 is 10.6 Å². The minimum absolute atomic E-state index is 0.286. The Bertz CT molecular complexity index is 722. The van der Waals surface area contributed by atoms with Gasteiger partial charge in [0.25, 0.3) is 5.91 Å². The molecule has 0 fully saturated rings. The Hall–Kier alpha value is -2.18. The molecule has 0 saturated heterocycles. The third kappa shape index (κ3) is 5.18. The predicted octanol–water partition coefficient (Wildman–Crippen LogP) is 3.45. The van der Waals surface area contributed by atoms with Crippen LogP contribution >= 0.6 is 11.6 Å². The van der Waals surface area contributed by atoms with Crippen molar-refractivity contribution < 1.29 is 9.53 Å². The van der Waals surface area contributed by atoms with E-state index in [2.05, 4.69) is 20.6 Å². The molecule has 0 radical (unpaired) electrons. The van der Waals surface area contributed by atoms with Crippen molar-refractivity contribution in [2.75, 3.05) is 30.9 Å². The number of aryl methyl sites for hydroxylation is 2. The SMILES string of the molecule is COCCCNc1cc(C(=O)Nc2ccc(Cl)cc2C)nc(C)n1. The van der Waals surface area contributed by atoms with E-state index in [9.17, 15) is 4.79 Å². The first kappa shape index (κ1) is 18.2. The summed E-state index contributed by atoms with van der Waals surface area (Å²) in [6.07, 6.45) is 0.852. The Labute approximate surface area is 146 Å². The number of halogens is 1. The lowest BCUT2D eigenvalue weighted by Crippen LogP contribution is -2.16. The number of carbonyl (C=O) groups excluding carboxylic acids is 1. The first-order chi connectivity index (χ1) is 11.5. The highest BCUT2D eigenvalue weighted by Gasteiger charge is 2.12. The van der Waals surface area contributed by atoms with Crippen LogP contribution in [-0.4, -0.2) is 36.1 Å². The summed E-state index contributed by atoms with van der Waals surface area (Å²) >= 11 is 5.93. The van der Waals surface area contributed by atoms with Gasteiger partial charge in [0.15, 0.2) is 0 Å². The molecule has 1 aromatic heterocycles. The molecule has 7 heteroatoms. The van der Waals surface area contributed by atoms with E-state index in [1.54, 1.807) is 38.3 Å². The Kier molecular flexibility index (Phi) is 6.52. The van der Waals surface area contributed by atoms with Gasteiger partial charge in [0.1, 0.15) is 17.3 Å². The molecule has 0 aliphatic heterocycles. The summed E-state index contributed by atoms with van der Waals surface area (Å²) in [4.78, 5) is 20.9. The van der Waals surface area contributed by atoms with Crippen molar-refractivity contribution in [3.8, 4) is 0 Å². The van der Waals surface area contributed by atoms with Gasteiger partial charge in [0.05, 0.1) is 0 Å². The van der Waals surface area contributed by atoms with Crippen LogP contribution in [0.3, 0.4) is 0 Å². The van der Waals surface area contributed by atoms with Crippen LogP contribution in [0.1, 0.15) is 28.3 Å². The number of hydrogen-bond donors (Lipinski definition) is 2. The van der Waals surface area contributed by atoms with Crippen LogP contribution in [0.5, 0.6) is 0 Å². The molecule has 128 valence electrons. The van der Waals surface area contributed by atoms with Crippen LogP contribution in [0.15, 0.2) is 24.3 Å². The minimum Gasteiger partial charge on any atom is -0.385 e. The Morgan fingerprint density at radius 3 is 2.75 bits per heavy atom. The lowest BCUT2D eigenvalue weighted by molar-refractivity contribution is 0.102. The number of aromatic nitrogens is 2. The average molecular weight is 349 g/mol. The van der Waals surface area contributed by atoms with E-state index in [4.69, 9.17) is 16.3 Å². The van der Waals surface area contributed by atoms with Gasteiger partial charge in [-0.2, -0.15) is 0 Å². The average Bonchev–Trinajstić information content (AvgIpc) is 2.53. The second-order valence-corrected chi connectivity index (χ2v) is 5.81. The van der Waals surface area contributed by atoms with Gasteiger partial charge in [-0.25, -0.2) is 9.97 Å². The van der Waals surface area contributed by atoms with Crippen LogP contribution in [-0.2, 0) is 4.74 Å². The summed E-state index contributed by atoms with van der Waals surface area (Å²) in [5.41, 5.74) is 1.90. The van der Waals surface area contributed by atoms with Crippen molar-refractivity contribution in [2.24, 2.45) is 0 Å². The zero-order valence-electron chi connectivity index (χ0n) is 14.0. The molecule has 0 spiro atoms. The van der Waals surface area contributed by atoms with Gasteiger partial charge in [-0.15, -0.1) is 0 Å². The molecule has 2 N–H and O–H groups in total. The van der Waals surface area contributed by atoms with Gasteiger partial charge < -0.3 is 15.4 Å². The highest BCUT2D eigenvalue weighted by atomic mass is 35.5. The maximum atomic E-state index is 12.4. The second-order valence-electron chi connectivity index (χ2n) is 5.37. The fourth-order valence-corrected chi connectivity index (χ4v) is 2.39. The number of anilines is 2. The molecular formula is C17H21ClN4O2. The molecule has 0 unspecified atom stereocenters. The van der Waals surface area contributed by atoms with Gasteiger partial charge in [-0.3, -0.25) is 4.79 Å². The summed E-state index contributed by atoms with van der Waals surface area (Å²) in [6.45, 7) is 5.02. The van der Waals surface area contributed by atoms with Crippen molar-refractivity contribution in [1.29, 1.82) is 0 Å². The number of nitrogens with one attached hydrogen (secondary N) is 2. The van der Waals surface area contributed by atoms with E-state index < -0.39 is 0 Å². The molecule has 6 nitrogen and oxygen atoms in total. The molecule has 1 aromatic carbocycles. The number of ether oxygens (including phenoxy) is 1. The number of rotatable bonds is 7. The molecule has 1 amide bonds. The molecule has 0 atom stereocenters. The Balaban J connectivity index is 2.09. The fraction of sp³-hybridized carbons (Fsp3) is 0.353. The Morgan fingerprint density at radius 2 is 2.04 bits per heavy atom. The maximum absolute atomic E-state index is 12.4. The van der Waals surface area contributed by atoms with Gasteiger partial charge in [0.2, 0.25) is 0 Å². The van der Waals surface area contributed by atoms with Crippen molar-refractivity contribution in [2.45, 2.75) is 20.3 Å². The lowest BCUT2D eigenvalue weighted by Gasteiger charge is -2.10. The highest BCUT2D eigenvalue weighted by molar-refractivity contribution is 6.30. The summed E-state index contributed by atoms with van der Waals surface area (Å²) in [6, 6.07) is 6.94. The van der Waals surface area contributed by atoms with E-state index in [0.29, 0.717) is 41.2 Å². The van der Waals surface area contributed by atoms with Crippen LogP contribution in [0.2, 0.25) is 5.02 Å². The van der Waals surface area contributed by atoms with Crippen molar-refractivity contribution >= 4 is 29.0 Å². The fourth-order valence-electron chi connectivity index (χ4n) is 2.16. The van der Waals surface area contributed by atoms with Crippen molar-refractivity contribution in [1.82, 2.24) is 9.97 Å². The van der Waals surface area contributed by atoms with E-state index >= 15 is 0 Å². The third-order valence-electron chi connectivity index (χ3n) is 3.34. The first-order valence-electron chi connectivity index (χ1n) is 7.65. The maximum Gasteiger partial charge on any atom is 0.274 e. The number of amides is 1. The minimum atomic E-state index is -0.286. The van der Waals surface area contributed by atoms with E-state index in [1.807, 2.05) is 6.92 Å². The van der Waals surface area contributed by atoms with Gasteiger partial charge >= 0.3 is 0 Å². The van der Waals surface area contributed by atoms with Gasteiger partial charge in [-0.05, 0) is 44.0 Å². The summed E-state index contributed by atoms with van der Waals surface area (Å²) in [7, 11) is 1.66. The molecule has 0 saturated carbocycles. The second kappa shape index (κ2) is 8.61. The zero-order chi connectivity index (χ0) is 17.5. The van der Waals surface area contributed by atoms with E-state index in [0.717, 1.165) is 12.0 Å². The zero-order valence-corrected chi connectivity index (χ0v) is 14.8. The molecule has 1 heterocycles. The third-order valence-corrected chi connectivity index (χ3v) is 3.57. The van der Waals surface area contributed by atoms with Crippen LogP contribution in [0, 0.1) is 13.8 Å². The number of methoxy groups -OCH3 is 1. The number of nitrogens with zero attached hydrogens (tertiary/aromatic N) is 2. The molecule has 0 aliphatic carbocycles. The standard InChI is InChI=1S/C17H21ClN4O2/c1-11-9-13(18)5-6-14(11)22-17(23)15-10-16(21-12(2)20-15)19-7-4-8-24-3/h5-6,9-10H,4,7-8H2,1-3H3,(H,22,23)(H,19,20,21). The number of hydrogen-bond acceptors (Lipinski definition) is 5. The largest absolute Gasteiger partial charge is 0.385 e. The number of benzene rings is 1. The molecular weight excluding hydrogens is 328 g/mol. The quantitative estimate of drug-likeness (QED) is 0.749. The molecule has 0 aliphatic rings. The molecule has 24 heavy (non-hydrogen) atoms. The van der Waals surface area contributed by atoms with Crippen LogP contribution in [0.25, 0.3) is 0 Å². The highest BCUT2D eigenvalue weighted by Crippen LogP contribution is 2.20. The number of carbonyl (C=O) groups is 1. The van der Waals surface area contributed by atoms with E-state index in [1.165, 1.54) is 0 Å². The smallest absolute Gasteiger partial charge is 0.274 e. The topological polar surface area (TPSA) is 76.1 Å². The first-order valence-corrected chi connectivity index (χ1v) is 8.03. The van der Waals surface area contributed by atoms with E-state index in [-0.39, 0.29) is 5.91 Å². The molecule has 2 aromatic rings. The molecule has 0 bridgehead atoms. The van der Waals surface area contributed by atoms with Crippen LogP contribution in [0.4, 0.5) is 11.5 Å². The van der Waals surface area contributed by atoms with Crippen molar-refractivity contribution in [3.63, 3.8) is 0 Å². The summed E-state index contributed by atoms with van der Waals surface area (Å²) in [5, 5.41) is 6.65. The monoisotopic (exact) mass is 348 g/mol. The lowest BCUT2D eigenvalue weighted by atomic mass is 10.2. The summed E-state index contributed by atoms with van der Waals surface area (Å²) < 4.78 is 5.01. The predicted molar refractivity (Wildman–Crippen MR) is 95.9 cm³/mol. The normalized spacial score (nSPS) is 10.5. The summed E-state index contributed by atoms with van der Waals surface area (Å²) in [5.74, 6) is 0.868. The van der Waals surface area contributed by atoms with Crippen molar-refractivity contribution in [3.05, 3.63) is 46.4 Å². The van der Waals surface area contributed by atoms with Gasteiger partial charge in [0, 0.05) is 37.0 Å². The Morgan fingerprint density at radius 1 is 1.25 bits per heavy atom.